The maximum Gasteiger partial charge on any atom is 0.135 e. The molecule has 0 unspecified atom stereocenters. The molecule has 2 rings (SSSR count). The third-order valence-electron chi connectivity index (χ3n) is 2.85. The van der Waals surface area contributed by atoms with Gasteiger partial charge in [0.1, 0.15) is 17.5 Å². The summed E-state index contributed by atoms with van der Waals surface area (Å²) in [4.78, 5) is 10.2. The summed E-state index contributed by atoms with van der Waals surface area (Å²) < 4.78 is 1.13. The number of hydrogen-bond donors (Lipinski definition) is 2. The van der Waals surface area contributed by atoms with Crippen molar-refractivity contribution in [3.63, 3.8) is 0 Å². The summed E-state index contributed by atoms with van der Waals surface area (Å²) in [7, 11) is 0. The van der Waals surface area contributed by atoms with Crippen LogP contribution in [0.5, 0.6) is 0 Å². The second-order valence-electron chi connectivity index (χ2n) is 4.60. The zero-order valence-electron chi connectivity index (χ0n) is 12.0. The van der Waals surface area contributed by atoms with Crippen LogP contribution in [0, 0.1) is 13.8 Å². The molecule has 108 valence electrons. The van der Waals surface area contributed by atoms with E-state index < -0.39 is 0 Å². The van der Waals surface area contributed by atoms with Crippen LogP contribution in [0.25, 0.3) is 0 Å². The van der Waals surface area contributed by atoms with Crippen LogP contribution in [-0.4, -0.2) is 16.5 Å². The number of thiophene rings is 1. The van der Waals surface area contributed by atoms with Gasteiger partial charge < -0.3 is 10.6 Å². The van der Waals surface area contributed by atoms with E-state index in [1.54, 1.807) is 11.3 Å². The molecule has 0 bridgehead atoms. The molecule has 0 radical (unpaired) electrons. The molecule has 0 aliphatic carbocycles. The van der Waals surface area contributed by atoms with Gasteiger partial charge in [-0.2, -0.15) is 0 Å². The molecule has 6 heteroatoms. The lowest BCUT2D eigenvalue weighted by atomic mass is 10.3. The molecule has 0 spiro atoms. The Morgan fingerprint density at radius 1 is 1.20 bits per heavy atom. The number of nitrogens with zero attached hydrogens (tertiary/aromatic N) is 2. The van der Waals surface area contributed by atoms with Gasteiger partial charge in [-0.15, -0.1) is 11.3 Å². The van der Waals surface area contributed by atoms with E-state index in [1.807, 2.05) is 13.8 Å². The SMILES string of the molecule is CCCNc1nc(C)nc(NCc2cc(Br)cs2)c1C. The van der Waals surface area contributed by atoms with Gasteiger partial charge in [0, 0.05) is 26.8 Å². The number of halogens is 1. The average Bonchev–Trinajstić information content (AvgIpc) is 2.83. The fourth-order valence-electron chi connectivity index (χ4n) is 1.83. The van der Waals surface area contributed by atoms with Gasteiger partial charge in [0.25, 0.3) is 0 Å². The van der Waals surface area contributed by atoms with E-state index in [9.17, 15) is 0 Å². The monoisotopic (exact) mass is 354 g/mol. The van der Waals surface area contributed by atoms with Gasteiger partial charge in [0.2, 0.25) is 0 Å². The van der Waals surface area contributed by atoms with Crippen molar-refractivity contribution in [1.82, 2.24) is 9.97 Å². The van der Waals surface area contributed by atoms with Gasteiger partial charge in [-0.1, -0.05) is 6.92 Å². The Morgan fingerprint density at radius 3 is 2.50 bits per heavy atom. The van der Waals surface area contributed by atoms with Crippen LogP contribution in [0.3, 0.4) is 0 Å². The number of aryl methyl sites for hydroxylation is 1. The van der Waals surface area contributed by atoms with E-state index >= 15 is 0 Å². The number of anilines is 2. The highest BCUT2D eigenvalue weighted by Gasteiger charge is 2.09. The molecule has 0 atom stereocenters. The van der Waals surface area contributed by atoms with E-state index in [2.05, 4.69) is 54.9 Å². The summed E-state index contributed by atoms with van der Waals surface area (Å²) in [5, 5.41) is 8.84. The summed E-state index contributed by atoms with van der Waals surface area (Å²) in [6, 6.07) is 2.12. The Kier molecular flexibility index (Phi) is 5.37. The minimum absolute atomic E-state index is 0.779. The molecule has 20 heavy (non-hydrogen) atoms. The van der Waals surface area contributed by atoms with E-state index in [-0.39, 0.29) is 0 Å². The van der Waals surface area contributed by atoms with E-state index in [4.69, 9.17) is 0 Å². The van der Waals surface area contributed by atoms with Crippen molar-refractivity contribution in [2.75, 3.05) is 17.2 Å². The lowest BCUT2D eigenvalue weighted by Crippen LogP contribution is -2.10. The summed E-state index contributed by atoms with van der Waals surface area (Å²) in [5.41, 5.74) is 1.07. The maximum atomic E-state index is 4.49. The quantitative estimate of drug-likeness (QED) is 0.809. The molecule has 0 amide bonds. The molecule has 0 fully saturated rings. The van der Waals surface area contributed by atoms with Crippen molar-refractivity contribution >= 4 is 38.9 Å². The molecule has 0 saturated carbocycles. The molecule has 4 nitrogen and oxygen atoms in total. The number of nitrogens with one attached hydrogen (secondary N) is 2. The van der Waals surface area contributed by atoms with Crippen LogP contribution in [0.15, 0.2) is 15.9 Å². The molecule has 2 N–H and O–H groups in total. The highest BCUT2D eigenvalue weighted by Crippen LogP contribution is 2.23. The largest absolute Gasteiger partial charge is 0.370 e. The summed E-state index contributed by atoms with van der Waals surface area (Å²) >= 11 is 5.20. The second-order valence-corrected chi connectivity index (χ2v) is 6.52. The summed E-state index contributed by atoms with van der Waals surface area (Å²) in [6.45, 7) is 7.81. The second kappa shape index (κ2) is 7.04. The standard InChI is InChI=1S/C14H19BrN4S/c1-4-5-16-13-9(2)14(19-10(3)18-13)17-7-12-6-11(15)8-20-12/h6,8H,4-5,7H2,1-3H3,(H2,16,17,18,19). The molecular weight excluding hydrogens is 336 g/mol. The third kappa shape index (κ3) is 3.93. The van der Waals surface area contributed by atoms with Crippen LogP contribution in [-0.2, 0) is 6.54 Å². The normalized spacial score (nSPS) is 10.6. The predicted molar refractivity (Wildman–Crippen MR) is 89.6 cm³/mol. The predicted octanol–water partition coefficient (Wildman–Crippen LogP) is 4.35. The van der Waals surface area contributed by atoms with E-state index in [0.29, 0.717) is 0 Å². The Morgan fingerprint density at radius 2 is 1.90 bits per heavy atom. The van der Waals surface area contributed by atoms with Gasteiger partial charge in [-0.05, 0) is 42.3 Å². The van der Waals surface area contributed by atoms with Crippen molar-refractivity contribution in [3.8, 4) is 0 Å². The minimum Gasteiger partial charge on any atom is -0.370 e. The Bertz CT molecular complexity index is 583. The number of rotatable bonds is 6. The minimum atomic E-state index is 0.779. The zero-order valence-corrected chi connectivity index (χ0v) is 14.4. The van der Waals surface area contributed by atoms with E-state index in [0.717, 1.165) is 47.0 Å². The van der Waals surface area contributed by atoms with Gasteiger partial charge in [0.15, 0.2) is 0 Å². The third-order valence-corrected chi connectivity index (χ3v) is 4.55. The zero-order chi connectivity index (χ0) is 14.5. The van der Waals surface area contributed by atoms with Crippen LogP contribution in [0.1, 0.15) is 29.6 Å². The van der Waals surface area contributed by atoms with Crippen LogP contribution >= 0.6 is 27.3 Å². The van der Waals surface area contributed by atoms with Gasteiger partial charge >= 0.3 is 0 Å². The molecule has 0 aliphatic rings. The van der Waals surface area contributed by atoms with Crippen molar-refractivity contribution in [1.29, 1.82) is 0 Å². The first kappa shape index (κ1) is 15.3. The lowest BCUT2D eigenvalue weighted by molar-refractivity contribution is 0.943. The van der Waals surface area contributed by atoms with Crippen molar-refractivity contribution < 1.29 is 0 Å². The van der Waals surface area contributed by atoms with Gasteiger partial charge in [0.05, 0.1) is 6.54 Å². The molecule has 2 aromatic rings. The molecule has 2 heterocycles. The Balaban J connectivity index is 2.12. The summed E-state index contributed by atoms with van der Waals surface area (Å²) in [5.74, 6) is 2.61. The van der Waals surface area contributed by atoms with Gasteiger partial charge in [-0.25, -0.2) is 9.97 Å². The first-order valence-corrected chi connectivity index (χ1v) is 8.33. The fraction of sp³-hybridized carbons (Fsp3) is 0.429. The van der Waals surface area contributed by atoms with Crippen LogP contribution in [0.4, 0.5) is 11.6 Å². The first-order chi connectivity index (χ1) is 9.60. The Labute approximate surface area is 132 Å². The highest BCUT2D eigenvalue weighted by molar-refractivity contribution is 9.10. The van der Waals surface area contributed by atoms with E-state index in [1.165, 1.54) is 4.88 Å². The molecular formula is C14H19BrN4S. The van der Waals surface area contributed by atoms with Gasteiger partial charge in [-0.3, -0.25) is 0 Å². The molecule has 0 aliphatic heterocycles. The molecule has 0 aromatic carbocycles. The topological polar surface area (TPSA) is 49.8 Å². The average molecular weight is 355 g/mol. The van der Waals surface area contributed by atoms with Crippen LogP contribution in [0.2, 0.25) is 0 Å². The first-order valence-electron chi connectivity index (χ1n) is 6.66. The number of hydrogen-bond acceptors (Lipinski definition) is 5. The Hall–Kier alpha value is -1.14. The smallest absolute Gasteiger partial charge is 0.135 e. The highest BCUT2D eigenvalue weighted by atomic mass is 79.9. The lowest BCUT2D eigenvalue weighted by Gasteiger charge is -2.13. The molecule has 2 aromatic heterocycles. The van der Waals surface area contributed by atoms with Crippen molar-refractivity contribution in [3.05, 3.63) is 32.2 Å². The summed E-state index contributed by atoms with van der Waals surface area (Å²) in [6.07, 6.45) is 1.08. The molecule has 0 saturated heterocycles. The van der Waals surface area contributed by atoms with Crippen molar-refractivity contribution in [2.45, 2.75) is 33.7 Å². The fourth-order valence-corrected chi connectivity index (χ4v) is 3.22. The van der Waals surface area contributed by atoms with Crippen LogP contribution < -0.4 is 10.6 Å². The maximum absolute atomic E-state index is 4.49. The van der Waals surface area contributed by atoms with Crippen molar-refractivity contribution in [2.24, 2.45) is 0 Å². The number of aromatic nitrogens is 2.